The topological polar surface area (TPSA) is 39.2 Å². The highest BCUT2D eigenvalue weighted by Crippen LogP contribution is 2.15. The molecule has 0 N–H and O–H groups in total. The summed E-state index contributed by atoms with van der Waals surface area (Å²) in [5, 5.41) is 0. The van der Waals surface area contributed by atoms with Crippen molar-refractivity contribution in [2.75, 3.05) is 7.11 Å². The molecule has 3 nitrogen and oxygen atoms in total. The highest BCUT2D eigenvalue weighted by Gasteiger charge is 2.14. The number of aromatic nitrogens is 1. The summed E-state index contributed by atoms with van der Waals surface area (Å²) in [4.78, 5) is 15.4. The Hall–Kier alpha value is -1.90. The van der Waals surface area contributed by atoms with Crippen molar-refractivity contribution < 1.29 is 9.53 Å². The summed E-state index contributed by atoms with van der Waals surface area (Å²) in [5.74, 6) is -0.428. The molecule has 0 bridgehead atoms. The molecule has 0 aromatic carbocycles. The molecule has 0 radical (unpaired) electrons. The molecule has 1 heterocycles. The van der Waals surface area contributed by atoms with E-state index in [1.165, 1.54) is 13.2 Å². The van der Waals surface area contributed by atoms with Crippen LogP contribution in [-0.2, 0) is 4.74 Å². The third kappa shape index (κ3) is 1.71. The van der Waals surface area contributed by atoms with Gasteiger partial charge in [0.2, 0.25) is 0 Å². The SMILES string of the molecule is C=Cc1ccnc(C=C)c1C(=O)OC. The lowest BCUT2D eigenvalue weighted by Gasteiger charge is -2.06. The molecular formula is C11H11NO2. The first-order valence-corrected chi connectivity index (χ1v) is 4.06. The summed E-state index contributed by atoms with van der Waals surface area (Å²) in [5.41, 5.74) is 1.61. The molecule has 3 heteroatoms. The molecule has 0 fully saturated rings. The first-order valence-electron chi connectivity index (χ1n) is 4.06. The average molecular weight is 189 g/mol. The number of nitrogens with zero attached hydrogens (tertiary/aromatic N) is 1. The molecule has 1 aromatic rings. The summed E-state index contributed by atoms with van der Waals surface area (Å²) in [6.45, 7) is 7.19. The van der Waals surface area contributed by atoms with Gasteiger partial charge >= 0.3 is 5.97 Å². The number of carbonyl (C=O) groups excluding carboxylic acids is 1. The molecule has 72 valence electrons. The van der Waals surface area contributed by atoms with Gasteiger partial charge in [-0.1, -0.05) is 19.2 Å². The van der Waals surface area contributed by atoms with Gasteiger partial charge in [-0.25, -0.2) is 4.79 Å². The Labute approximate surface area is 82.7 Å². The van der Waals surface area contributed by atoms with Gasteiger partial charge in [0.05, 0.1) is 18.4 Å². The monoisotopic (exact) mass is 189 g/mol. The number of methoxy groups -OCH3 is 1. The molecule has 0 aliphatic carbocycles. The first kappa shape index (κ1) is 10.2. The zero-order valence-corrected chi connectivity index (χ0v) is 7.99. The lowest BCUT2D eigenvalue weighted by molar-refractivity contribution is 0.0600. The van der Waals surface area contributed by atoms with E-state index >= 15 is 0 Å². The van der Waals surface area contributed by atoms with Crippen LogP contribution in [0.3, 0.4) is 0 Å². The van der Waals surface area contributed by atoms with Crippen LogP contribution in [0.2, 0.25) is 0 Å². The molecule has 14 heavy (non-hydrogen) atoms. The Morgan fingerprint density at radius 1 is 1.50 bits per heavy atom. The van der Waals surface area contributed by atoms with E-state index < -0.39 is 5.97 Å². The molecule has 0 spiro atoms. The van der Waals surface area contributed by atoms with E-state index in [1.54, 1.807) is 18.3 Å². The molecule has 0 atom stereocenters. The summed E-state index contributed by atoms with van der Waals surface area (Å²) < 4.78 is 4.65. The van der Waals surface area contributed by atoms with E-state index in [1.807, 2.05) is 0 Å². The number of pyridine rings is 1. The van der Waals surface area contributed by atoms with Crippen LogP contribution in [0.1, 0.15) is 21.6 Å². The van der Waals surface area contributed by atoms with Gasteiger partial charge in [-0.2, -0.15) is 0 Å². The lowest BCUT2D eigenvalue weighted by Crippen LogP contribution is -2.07. The Morgan fingerprint density at radius 3 is 2.71 bits per heavy atom. The van der Waals surface area contributed by atoms with Gasteiger partial charge in [0, 0.05) is 6.20 Å². The maximum Gasteiger partial charge on any atom is 0.340 e. The highest BCUT2D eigenvalue weighted by atomic mass is 16.5. The molecule has 0 aliphatic heterocycles. The van der Waals surface area contributed by atoms with Gasteiger partial charge in [0.1, 0.15) is 0 Å². The normalized spacial score (nSPS) is 9.21. The minimum atomic E-state index is -0.428. The fourth-order valence-electron chi connectivity index (χ4n) is 1.14. The highest BCUT2D eigenvalue weighted by molar-refractivity contribution is 5.96. The van der Waals surface area contributed by atoms with E-state index in [0.717, 1.165) is 0 Å². The van der Waals surface area contributed by atoms with Crippen LogP contribution in [0.15, 0.2) is 25.4 Å². The second-order valence-corrected chi connectivity index (χ2v) is 2.56. The second-order valence-electron chi connectivity index (χ2n) is 2.56. The molecule has 0 unspecified atom stereocenters. The Balaban J connectivity index is 3.40. The molecule has 0 amide bonds. The van der Waals surface area contributed by atoms with Crippen LogP contribution in [0.5, 0.6) is 0 Å². The third-order valence-electron chi connectivity index (χ3n) is 1.82. The quantitative estimate of drug-likeness (QED) is 0.684. The molecule has 0 saturated carbocycles. The van der Waals surface area contributed by atoms with Crippen LogP contribution in [0, 0.1) is 0 Å². The third-order valence-corrected chi connectivity index (χ3v) is 1.82. The minimum Gasteiger partial charge on any atom is -0.465 e. The number of ether oxygens (including phenoxy) is 1. The second kappa shape index (κ2) is 4.37. The van der Waals surface area contributed by atoms with Crippen molar-refractivity contribution >= 4 is 18.1 Å². The predicted molar refractivity (Wildman–Crippen MR) is 55.8 cm³/mol. The van der Waals surface area contributed by atoms with Gasteiger partial charge in [-0.15, -0.1) is 0 Å². The van der Waals surface area contributed by atoms with E-state index in [9.17, 15) is 4.79 Å². The fraction of sp³-hybridized carbons (Fsp3) is 0.0909. The minimum absolute atomic E-state index is 0.403. The van der Waals surface area contributed by atoms with Gasteiger partial charge < -0.3 is 4.74 Å². The molecule has 0 aliphatic rings. The van der Waals surface area contributed by atoms with Gasteiger partial charge in [-0.3, -0.25) is 4.98 Å². The van der Waals surface area contributed by atoms with Gasteiger partial charge in [0.25, 0.3) is 0 Å². The Bertz CT molecular complexity index is 357. The molecule has 1 rings (SSSR count). The standard InChI is InChI=1S/C11H11NO2/c1-4-8-6-7-12-9(5-2)10(8)11(13)14-3/h4-7H,1-2H2,3H3. The predicted octanol–water partition coefficient (Wildman–Crippen LogP) is 2.15. The fourth-order valence-corrected chi connectivity index (χ4v) is 1.14. The van der Waals surface area contributed by atoms with Crippen LogP contribution < -0.4 is 0 Å². The lowest BCUT2D eigenvalue weighted by atomic mass is 10.1. The molecule has 1 aromatic heterocycles. The van der Waals surface area contributed by atoms with Gasteiger partial charge in [0.15, 0.2) is 0 Å². The smallest absolute Gasteiger partial charge is 0.340 e. The zero-order valence-electron chi connectivity index (χ0n) is 7.99. The average Bonchev–Trinajstić information content (AvgIpc) is 2.26. The van der Waals surface area contributed by atoms with Crippen molar-refractivity contribution in [3.05, 3.63) is 42.2 Å². The van der Waals surface area contributed by atoms with E-state index in [0.29, 0.717) is 16.8 Å². The summed E-state index contributed by atoms with van der Waals surface area (Å²) in [6, 6.07) is 1.70. The van der Waals surface area contributed by atoms with E-state index in [4.69, 9.17) is 0 Å². The largest absolute Gasteiger partial charge is 0.465 e. The number of hydrogen-bond donors (Lipinski definition) is 0. The van der Waals surface area contributed by atoms with Crippen LogP contribution >= 0.6 is 0 Å². The number of carbonyl (C=O) groups is 1. The van der Waals surface area contributed by atoms with Crippen molar-refractivity contribution in [1.82, 2.24) is 4.98 Å². The van der Waals surface area contributed by atoms with Crippen molar-refractivity contribution in [2.24, 2.45) is 0 Å². The number of hydrogen-bond acceptors (Lipinski definition) is 3. The van der Waals surface area contributed by atoms with Gasteiger partial charge in [-0.05, 0) is 17.7 Å². The Kier molecular flexibility index (Phi) is 3.18. The van der Waals surface area contributed by atoms with Crippen molar-refractivity contribution in [3.63, 3.8) is 0 Å². The summed E-state index contributed by atoms with van der Waals surface area (Å²) in [6.07, 6.45) is 4.70. The molecular weight excluding hydrogens is 178 g/mol. The zero-order chi connectivity index (χ0) is 10.6. The van der Waals surface area contributed by atoms with Crippen LogP contribution in [0.4, 0.5) is 0 Å². The Morgan fingerprint density at radius 2 is 2.21 bits per heavy atom. The van der Waals surface area contributed by atoms with Crippen molar-refractivity contribution in [1.29, 1.82) is 0 Å². The number of rotatable bonds is 3. The van der Waals surface area contributed by atoms with Crippen LogP contribution in [-0.4, -0.2) is 18.1 Å². The maximum absolute atomic E-state index is 11.4. The molecule has 0 saturated heterocycles. The first-order chi connectivity index (χ1) is 6.74. The summed E-state index contributed by atoms with van der Waals surface area (Å²) >= 11 is 0. The van der Waals surface area contributed by atoms with E-state index in [-0.39, 0.29) is 0 Å². The summed E-state index contributed by atoms with van der Waals surface area (Å²) in [7, 11) is 1.33. The van der Waals surface area contributed by atoms with Crippen molar-refractivity contribution in [3.8, 4) is 0 Å². The maximum atomic E-state index is 11.4. The number of esters is 1. The van der Waals surface area contributed by atoms with Crippen LogP contribution in [0.25, 0.3) is 12.2 Å². The van der Waals surface area contributed by atoms with E-state index in [2.05, 4.69) is 22.9 Å². The van der Waals surface area contributed by atoms with Crippen molar-refractivity contribution in [2.45, 2.75) is 0 Å².